The van der Waals surface area contributed by atoms with E-state index in [-0.39, 0.29) is 17.6 Å². The Bertz CT molecular complexity index is 1210. The van der Waals surface area contributed by atoms with E-state index in [4.69, 9.17) is 4.74 Å². The highest BCUT2D eigenvalue weighted by atomic mass is 16.5. The zero-order valence-electron chi connectivity index (χ0n) is 18.5. The molecule has 3 fully saturated rings. The number of carbonyl (C=O) groups excluding carboxylic acids is 1. The number of piperidine rings is 1. The largest absolute Gasteiger partial charge is 0.478 e. The Balaban J connectivity index is 1.12. The number of aromatic nitrogens is 1. The summed E-state index contributed by atoms with van der Waals surface area (Å²) < 4.78 is 5.59. The summed E-state index contributed by atoms with van der Waals surface area (Å²) >= 11 is 0. The minimum Gasteiger partial charge on any atom is -0.478 e. The fraction of sp³-hybridized carbons (Fsp3) is 0.407. The molecule has 1 saturated carbocycles. The Morgan fingerprint density at radius 3 is 2.55 bits per heavy atom. The number of carbonyl (C=O) groups is 2. The molecule has 3 aromatic rings. The van der Waals surface area contributed by atoms with Gasteiger partial charge >= 0.3 is 5.97 Å². The second-order valence-corrected chi connectivity index (χ2v) is 9.86. The second-order valence-electron chi connectivity index (χ2n) is 9.86. The number of aromatic amines is 1. The number of fused-ring (bicyclic) bond motifs is 1. The Kier molecular flexibility index (Phi) is 4.80. The summed E-state index contributed by atoms with van der Waals surface area (Å²) in [6, 6.07) is 16.0. The molecule has 2 aromatic carbocycles. The smallest absolute Gasteiger partial charge is 0.335 e. The molecule has 3 heterocycles. The van der Waals surface area contributed by atoms with Crippen LogP contribution in [0.5, 0.6) is 0 Å². The number of ether oxygens (including phenoxy) is 1. The van der Waals surface area contributed by atoms with Crippen LogP contribution >= 0.6 is 0 Å². The first-order chi connectivity index (χ1) is 16.0. The molecule has 3 aliphatic rings. The monoisotopic (exact) mass is 444 g/mol. The third-order valence-corrected chi connectivity index (χ3v) is 7.96. The minimum atomic E-state index is -0.919. The van der Waals surface area contributed by atoms with Crippen molar-refractivity contribution in [1.29, 1.82) is 0 Å². The van der Waals surface area contributed by atoms with Gasteiger partial charge < -0.3 is 19.7 Å². The van der Waals surface area contributed by atoms with Crippen LogP contribution in [0.2, 0.25) is 0 Å². The van der Waals surface area contributed by atoms with Gasteiger partial charge in [0.15, 0.2) is 0 Å². The number of amides is 1. The van der Waals surface area contributed by atoms with Crippen LogP contribution in [0.25, 0.3) is 22.2 Å². The fourth-order valence-corrected chi connectivity index (χ4v) is 5.83. The predicted molar refractivity (Wildman–Crippen MR) is 125 cm³/mol. The van der Waals surface area contributed by atoms with Gasteiger partial charge in [-0.2, -0.15) is 0 Å². The molecule has 2 saturated heterocycles. The topological polar surface area (TPSA) is 82.6 Å². The predicted octanol–water partition coefficient (Wildman–Crippen LogP) is 4.81. The fourth-order valence-electron chi connectivity index (χ4n) is 5.83. The van der Waals surface area contributed by atoms with E-state index in [1.54, 1.807) is 12.1 Å². The van der Waals surface area contributed by atoms with E-state index in [9.17, 15) is 14.7 Å². The van der Waals surface area contributed by atoms with Gasteiger partial charge in [0, 0.05) is 36.3 Å². The maximum Gasteiger partial charge on any atom is 0.335 e. The molecule has 1 unspecified atom stereocenters. The molecule has 1 amide bonds. The average molecular weight is 445 g/mol. The van der Waals surface area contributed by atoms with Crippen LogP contribution in [-0.4, -0.2) is 52.7 Å². The Hall–Kier alpha value is -3.12. The Morgan fingerprint density at radius 2 is 1.85 bits per heavy atom. The molecule has 6 heteroatoms. The summed E-state index contributed by atoms with van der Waals surface area (Å²) in [5, 5.41) is 10.2. The van der Waals surface area contributed by atoms with Gasteiger partial charge in [0.05, 0.1) is 5.56 Å². The first kappa shape index (κ1) is 20.5. The van der Waals surface area contributed by atoms with E-state index in [0.717, 1.165) is 60.9 Å². The standard InChI is InChI=1S/C27H28N2O4/c30-25(24-2-1-13-33-24)29-11-9-27(10-12-29)16-21(27)17-3-5-18(6-4-17)22-14-19-7-8-20(26(31)32)15-23(19)28-22/h3-8,14-15,21,24,28H,1-2,9-13,16H2,(H,31,32)/t21?,24-/m1/s1. The summed E-state index contributed by atoms with van der Waals surface area (Å²) in [6.07, 6.45) is 5.01. The van der Waals surface area contributed by atoms with Crippen molar-refractivity contribution in [3.63, 3.8) is 0 Å². The Labute approximate surface area is 192 Å². The molecule has 1 aliphatic carbocycles. The van der Waals surface area contributed by atoms with Crippen molar-refractivity contribution in [3.05, 3.63) is 59.7 Å². The number of nitrogens with one attached hydrogen (secondary N) is 1. The molecule has 0 bridgehead atoms. The van der Waals surface area contributed by atoms with Crippen molar-refractivity contribution in [2.75, 3.05) is 19.7 Å². The molecule has 2 atom stereocenters. The second kappa shape index (κ2) is 7.73. The number of aromatic carboxylic acids is 1. The summed E-state index contributed by atoms with van der Waals surface area (Å²) in [5.74, 6) is -0.150. The minimum absolute atomic E-state index is 0.192. The summed E-state index contributed by atoms with van der Waals surface area (Å²) in [5.41, 5.74) is 4.93. The highest BCUT2D eigenvalue weighted by Crippen LogP contribution is 2.65. The van der Waals surface area contributed by atoms with Crippen LogP contribution in [0.3, 0.4) is 0 Å². The summed E-state index contributed by atoms with van der Waals surface area (Å²) in [6.45, 7) is 2.41. The van der Waals surface area contributed by atoms with E-state index in [2.05, 4.69) is 35.3 Å². The van der Waals surface area contributed by atoms with Gasteiger partial charge in [-0.05, 0) is 72.8 Å². The van der Waals surface area contributed by atoms with Gasteiger partial charge in [-0.1, -0.05) is 30.3 Å². The van der Waals surface area contributed by atoms with Crippen LogP contribution in [0.15, 0.2) is 48.5 Å². The van der Waals surface area contributed by atoms with E-state index < -0.39 is 5.97 Å². The maximum atomic E-state index is 12.6. The van der Waals surface area contributed by atoms with E-state index in [1.165, 1.54) is 12.0 Å². The molecule has 1 aromatic heterocycles. The lowest BCUT2D eigenvalue weighted by molar-refractivity contribution is -0.142. The van der Waals surface area contributed by atoms with Gasteiger partial charge in [-0.15, -0.1) is 0 Å². The molecule has 33 heavy (non-hydrogen) atoms. The molecule has 170 valence electrons. The lowest BCUT2D eigenvalue weighted by atomic mass is 9.88. The lowest BCUT2D eigenvalue weighted by Crippen LogP contribution is -2.44. The number of carboxylic acids is 1. The highest BCUT2D eigenvalue weighted by Gasteiger charge is 2.55. The summed E-state index contributed by atoms with van der Waals surface area (Å²) in [7, 11) is 0. The van der Waals surface area contributed by atoms with Crippen molar-refractivity contribution in [2.45, 2.75) is 44.1 Å². The van der Waals surface area contributed by atoms with Gasteiger partial charge in [0.1, 0.15) is 6.10 Å². The number of hydrogen-bond donors (Lipinski definition) is 2. The van der Waals surface area contributed by atoms with Crippen molar-refractivity contribution in [1.82, 2.24) is 9.88 Å². The van der Waals surface area contributed by atoms with E-state index in [0.29, 0.717) is 17.9 Å². The molecule has 0 radical (unpaired) electrons. The number of nitrogens with zero attached hydrogens (tertiary/aromatic N) is 1. The molecular formula is C27H28N2O4. The van der Waals surface area contributed by atoms with Crippen LogP contribution in [0, 0.1) is 5.41 Å². The number of likely N-dealkylation sites (tertiary alicyclic amines) is 1. The third kappa shape index (κ3) is 3.62. The quantitative estimate of drug-likeness (QED) is 0.605. The molecular weight excluding hydrogens is 416 g/mol. The van der Waals surface area contributed by atoms with Crippen LogP contribution in [0.1, 0.15) is 53.9 Å². The van der Waals surface area contributed by atoms with Crippen molar-refractivity contribution < 1.29 is 19.4 Å². The Morgan fingerprint density at radius 1 is 1.06 bits per heavy atom. The first-order valence-corrected chi connectivity index (χ1v) is 11.9. The van der Waals surface area contributed by atoms with Gasteiger partial charge in [0.2, 0.25) is 0 Å². The van der Waals surface area contributed by atoms with E-state index >= 15 is 0 Å². The third-order valence-electron chi connectivity index (χ3n) is 7.96. The van der Waals surface area contributed by atoms with Crippen LogP contribution < -0.4 is 0 Å². The summed E-state index contributed by atoms with van der Waals surface area (Å²) in [4.78, 5) is 29.2. The molecule has 2 N–H and O–H groups in total. The molecule has 6 nitrogen and oxygen atoms in total. The molecule has 2 aliphatic heterocycles. The van der Waals surface area contributed by atoms with Crippen LogP contribution in [-0.2, 0) is 9.53 Å². The SMILES string of the molecule is O=C(O)c1ccc2cc(-c3ccc(C4CC45CCN(C(=O)[C@H]4CCCO4)CC5)cc3)[nH]c2c1. The van der Waals surface area contributed by atoms with Gasteiger partial charge in [-0.3, -0.25) is 4.79 Å². The number of hydrogen-bond acceptors (Lipinski definition) is 3. The van der Waals surface area contributed by atoms with Gasteiger partial charge in [0.25, 0.3) is 5.91 Å². The molecule has 1 spiro atoms. The van der Waals surface area contributed by atoms with Crippen molar-refractivity contribution in [3.8, 4) is 11.3 Å². The normalized spacial score (nSPS) is 23.8. The van der Waals surface area contributed by atoms with Crippen molar-refractivity contribution >= 4 is 22.8 Å². The number of benzene rings is 2. The zero-order valence-corrected chi connectivity index (χ0v) is 18.5. The number of H-pyrrole nitrogens is 1. The number of carboxylic acid groups (broad SMARTS) is 1. The zero-order chi connectivity index (χ0) is 22.6. The average Bonchev–Trinajstić information content (AvgIpc) is 3.21. The van der Waals surface area contributed by atoms with Crippen molar-refractivity contribution in [2.24, 2.45) is 5.41 Å². The molecule has 6 rings (SSSR count). The van der Waals surface area contributed by atoms with Crippen LogP contribution in [0.4, 0.5) is 0 Å². The first-order valence-electron chi connectivity index (χ1n) is 11.9. The lowest BCUT2D eigenvalue weighted by Gasteiger charge is -2.34. The highest BCUT2D eigenvalue weighted by molar-refractivity contribution is 5.95. The van der Waals surface area contributed by atoms with E-state index in [1.807, 2.05) is 11.0 Å². The number of rotatable bonds is 4. The van der Waals surface area contributed by atoms with Gasteiger partial charge in [-0.25, -0.2) is 4.79 Å². The maximum absolute atomic E-state index is 12.6.